The summed E-state index contributed by atoms with van der Waals surface area (Å²) in [7, 11) is 0. The zero-order valence-corrected chi connectivity index (χ0v) is 23.1. The highest BCUT2D eigenvalue weighted by Gasteiger charge is 2.28. The van der Waals surface area contributed by atoms with E-state index in [4.69, 9.17) is 9.78 Å². The number of benzene rings is 1. The lowest BCUT2D eigenvalue weighted by molar-refractivity contribution is -0.208. The Hall–Kier alpha value is -1.75. The van der Waals surface area contributed by atoms with Crippen molar-refractivity contribution in [3.8, 4) is 11.5 Å². The summed E-state index contributed by atoms with van der Waals surface area (Å²) in [5, 5.41) is 21.3. The lowest BCUT2D eigenvalue weighted by atomic mass is 9.85. The molecule has 0 aliphatic carbocycles. The Morgan fingerprint density at radius 2 is 1.09 bits per heavy atom. The normalized spacial score (nSPS) is 11.2. The minimum absolute atomic E-state index is 0.0106. The van der Waals surface area contributed by atoms with Gasteiger partial charge < -0.3 is 15.1 Å². The second-order valence-electron chi connectivity index (χ2n) is 9.84. The summed E-state index contributed by atoms with van der Waals surface area (Å²) < 4.78 is 0. The molecule has 0 fully saturated rings. The predicted octanol–water partition coefficient (Wildman–Crippen LogP) is 8.96. The molecule has 0 bridgehead atoms. The second-order valence-corrected chi connectivity index (χ2v) is 9.84. The Morgan fingerprint density at radius 3 is 1.57 bits per heavy atom. The van der Waals surface area contributed by atoms with Crippen LogP contribution >= 0.6 is 0 Å². The number of carboxylic acid groups (broad SMARTS) is 1. The zero-order chi connectivity index (χ0) is 25.9. The van der Waals surface area contributed by atoms with Crippen LogP contribution in [-0.4, -0.2) is 22.8 Å². The Balaban J connectivity index is 3.45. The molecule has 0 aliphatic rings. The maximum absolute atomic E-state index is 12.4. The molecular formula is C30H52O5. The fourth-order valence-electron chi connectivity index (χ4n) is 4.73. The van der Waals surface area contributed by atoms with Crippen molar-refractivity contribution >= 4 is 5.97 Å². The third-order valence-electron chi connectivity index (χ3n) is 6.78. The number of aromatic carboxylic acids is 1. The summed E-state index contributed by atoms with van der Waals surface area (Å²) in [5.41, 5.74) is 2.86. The van der Waals surface area contributed by atoms with Crippen LogP contribution in [0, 0.1) is 0 Å². The van der Waals surface area contributed by atoms with Crippen molar-refractivity contribution in [2.24, 2.45) is 0 Å². The van der Waals surface area contributed by atoms with Gasteiger partial charge in [0.15, 0.2) is 5.75 Å². The molecule has 0 saturated carbocycles. The SMILES string of the molecule is CCCCCCc1c(CCCCCC)c(OOCCCCC)c(O)c(C(=O)O)c1CCCCCC. The molecule has 0 unspecified atom stereocenters. The number of hydrogen-bond donors (Lipinski definition) is 2. The number of hydrogen-bond acceptors (Lipinski definition) is 4. The van der Waals surface area contributed by atoms with Crippen LogP contribution in [0.3, 0.4) is 0 Å². The molecule has 1 rings (SSSR count). The fourth-order valence-corrected chi connectivity index (χ4v) is 4.73. The maximum Gasteiger partial charge on any atom is 0.339 e. The summed E-state index contributed by atoms with van der Waals surface area (Å²) in [6.07, 6.45) is 18.4. The van der Waals surface area contributed by atoms with Crippen LogP contribution in [0.1, 0.15) is 151 Å². The van der Waals surface area contributed by atoms with E-state index >= 15 is 0 Å². The Bertz CT molecular complexity index is 713. The molecule has 0 radical (unpaired) electrons. The first-order valence-electron chi connectivity index (χ1n) is 14.4. The first-order chi connectivity index (χ1) is 17.0. The van der Waals surface area contributed by atoms with Crippen LogP contribution < -0.4 is 4.89 Å². The molecule has 2 N–H and O–H groups in total. The van der Waals surface area contributed by atoms with Crippen molar-refractivity contribution in [2.45, 2.75) is 143 Å². The van der Waals surface area contributed by atoms with Crippen LogP contribution in [0.5, 0.6) is 11.5 Å². The molecule has 1 aromatic rings. The maximum atomic E-state index is 12.4. The van der Waals surface area contributed by atoms with Gasteiger partial charge in [-0.2, -0.15) is 4.89 Å². The van der Waals surface area contributed by atoms with Gasteiger partial charge >= 0.3 is 5.97 Å². The van der Waals surface area contributed by atoms with E-state index in [1.54, 1.807) is 0 Å². The molecule has 0 atom stereocenters. The molecule has 1 aromatic carbocycles. The predicted molar refractivity (Wildman–Crippen MR) is 145 cm³/mol. The molecule has 0 spiro atoms. The highest BCUT2D eigenvalue weighted by Crippen LogP contribution is 2.42. The topological polar surface area (TPSA) is 76.0 Å². The third-order valence-corrected chi connectivity index (χ3v) is 6.78. The molecule has 5 heteroatoms. The number of carboxylic acids is 1. The van der Waals surface area contributed by atoms with Gasteiger partial charge in [0, 0.05) is 5.56 Å². The van der Waals surface area contributed by atoms with E-state index in [1.165, 1.54) is 12.8 Å². The van der Waals surface area contributed by atoms with E-state index in [1.807, 2.05) is 0 Å². The highest BCUT2D eigenvalue weighted by molar-refractivity contribution is 5.94. The second kappa shape index (κ2) is 19.4. The van der Waals surface area contributed by atoms with Gasteiger partial charge in [-0.15, -0.1) is 0 Å². The van der Waals surface area contributed by atoms with Gasteiger partial charge in [0.05, 0.1) is 6.61 Å². The van der Waals surface area contributed by atoms with E-state index in [9.17, 15) is 15.0 Å². The lowest BCUT2D eigenvalue weighted by Gasteiger charge is -2.22. The van der Waals surface area contributed by atoms with E-state index in [2.05, 4.69) is 27.7 Å². The molecule has 0 amide bonds. The largest absolute Gasteiger partial charge is 0.504 e. The Kier molecular flexibility index (Phi) is 17.4. The highest BCUT2D eigenvalue weighted by atomic mass is 17.2. The minimum atomic E-state index is -1.09. The number of unbranched alkanes of at least 4 members (excludes halogenated alkanes) is 11. The Labute approximate surface area is 214 Å². The van der Waals surface area contributed by atoms with Gasteiger partial charge in [-0.25, -0.2) is 4.79 Å². The van der Waals surface area contributed by atoms with E-state index in [0.29, 0.717) is 13.0 Å². The van der Waals surface area contributed by atoms with Gasteiger partial charge in [0.25, 0.3) is 0 Å². The number of aromatic hydroxyl groups is 1. The van der Waals surface area contributed by atoms with Crippen molar-refractivity contribution < 1.29 is 24.8 Å². The van der Waals surface area contributed by atoms with Gasteiger partial charge in [0.1, 0.15) is 5.56 Å². The van der Waals surface area contributed by atoms with Crippen molar-refractivity contribution in [3.05, 3.63) is 22.3 Å². The smallest absolute Gasteiger partial charge is 0.339 e. The van der Waals surface area contributed by atoms with Crippen molar-refractivity contribution in [1.82, 2.24) is 0 Å². The van der Waals surface area contributed by atoms with E-state index in [0.717, 1.165) is 113 Å². The molecule has 0 aromatic heterocycles. The van der Waals surface area contributed by atoms with Crippen molar-refractivity contribution in [3.63, 3.8) is 0 Å². The molecule has 5 nitrogen and oxygen atoms in total. The van der Waals surface area contributed by atoms with E-state index in [-0.39, 0.29) is 17.1 Å². The monoisotopic (exact) mass is 492 g/mol. The average Bonchev–Trinajstić information content (AvgIpc) is 2.84. The molecule has 0 saturated heterocycles. The summed E-state index contributed by atoms with van der Waals surface area (Å²) in [6.45, 7) is 9.12. The van der Waals surface area contributed by atoms with Crippen LogP contribution in [0.15, 0.2) is 0 Å². The molecule has 202 valence electrons. The van der Waals surface area contributed by atoms with Gasteiger partial charge in [0.2, 0.25) is 5.75 Å². The third kappa shape index (κ3) is 11.2. The number of phenols is 1. The van der Waals surface area contributed by atoms with E-state index < -0.39 is 5.97 Å². The van der Waals surface area contributed by atoms with Crippen LogP contribution in [0.2, 0.25) is 0 Å². The lowest BCUT2D eigenvalue weighted by Crippen LogP contribution is -2.14. The van der Waals surface area contributed by atoms with Crippen molar-refractivity contribution in [1.29, 1.82) is 0 Å². The van der Waals surface area contributed by atoms with Crippen LogP contribution in [0.4, 0.5) is 0 Å². The fraction of sp³-hybridized carbons (Fsp3) is 0.767. The van der Waals surface area contributed by atoms with Crippen LogP contribution in [0.25, 0.3) is 0 Å². The number of rotatable bonds is 22. The minimum Gasteiger partial charge on any atom is -0.504 e. The molecule has 0 heterocycles. The standard InChI is InChI=1S/C30H52O5/c1-5-9-13-16-20-24-25(21-17-14-10-6-2)27(30(32)33)28(31)29(35-34-23-19-12-8-4)26(24)22-18-15-11-7-3/h31H,5-23H2,1-4H3,(H,32,33). The summed E-state index contributed by atoms with van der Waals surface area (Å²) in [6, 6.07) is 0. The Morgan fingerprint density at radius 1 is 0.629 bits per heavy atom. The quantitative estimate of drug-likeness (QED) is 0.0959. The van der Waals surface area contributed by atoms with Crippen LogP contribution in [-0.2, 0) is 24.2 Å². The molecular weight excluding hydrogens is 440 g/mol. The average molecular weight is 493 g/mol. The summed E-state index contributed by atoms with van der Waals surface area (Å²) in [4.78, 5) is 23.6. The summed E-state index contributed by atoms with van der Waals surface area (Å²) >= 11 is 0. The first kappa shape index (κ1) is 31.3. The van der Waals surface area contributed by atoms with Gasteiger partial charge in [-0.1, -0.05) is 98.3 Å². The number of carbonyl (C=O) groups is 1. The van der Waals surface area contributed by atoms with Gasteiger partial charge in [-0.3, -0.25) is 0 Å². The van der Waals surface area contributed by atoms with Gasteiger partial charge in [-0.05, 0) is 56.1 Å². The summed E-state index contributed by atoms with van der Waals surface area (Å²) in [5.74, 6) is -1.12. The zero-order valence-electron chi connectivity index (χ0n) is 23.1. The first-order valence-corrected chi connectivity index (χ1v) is 14.4. The molecule has 0 aliphatic heterocycles. The van der Waals surface area contributed by atoms with Crippen molar-refractivity contribution in [2.75, 3.05) is 6.61 Å². The molecule has 35 heavy (non-hydrogen) atoms.